The van der Waals surface area contributed by atoms with Crippen molar-refractivity contribution >= 4 is 29.7 Å². The summed E-state index contributed by atoms with van der Waals surface area (Å²) in [6.07, 6.45) is 1.67. The molecule has 0 spiro atoms. The molecule has 11 heavy (non-hydrogen) atoms. The summed E-state index contributed by atoms with van der Waals surface area (Å²) in [6, 6.07) is 5.67. The summed E-state index contributed by atoms with van der Waals surface area (Å²) in [4.78, 5) is 5.20. The van der Waals surface area contributed by atoms with Gasteiger partial charge in [-0.05, 0) is 30.1 Å². The van der Waals surface area contributed by atoms with Gasteiger partial charge in [0.1, 0.15) is 0 Å². The monoisotopic (exact) mass is 165 g/mol. The predicted molar refractivity (Wildman–Crippen MR) is 48.0 cm³/mol. The van der Waals surface area contributed by atoms with Gasteiger partial charge in [0.2, 0.25) is 0 Å². The molecule has 0 aliphatic carbocycles. The van der Waals surface area contributed by atoms with Gasteiger partial charge in [-0.25, -0.2) is 4.99 Å². The summed E-state index contributed by atoms with van der Waals surface area (Å²) >= 11 is 1.52. The van der Waals surface area contributed by atoms with Crippen LogP contribution >= 0.6 is 11.9 Å². The van der Waals surface area contributed by atoms with Crippen LogP contribution in [0.1, 0.15) is 0 Å². The quantitative estimate of drug-likeness (QED) is 0.453. The topological polar surface area (TPSA) is 50.4 Å². The van der Waals surface area contributed by atoms with Crippen molar-refractivity contribution in [1.82, 2.24) is 4.72 Å². The van der Waals surface area contributed by atoms with Crippen LogP contribution in [0, 0.1) is 0 Å². The van der Waals surface area contributed by atoms with E-state index < -0.39 is 0 Å². The first-order chi connectivity index (χ1) is 5.36. The van der Waals surface area contributed by atoms with Crippen LogP contribution in [0.15, 0.2) is 28.1 Å². The molecule has 1 aliphatic rings. The Morgan fingerprint density at radius 3 is 3.27 bits per heavy atom. The van der Waals surface area contributed by atoms with Crippen LogP contribution in [0.3, 0.4) is 0 Å². The van der Waals surface area contributed by atoms with E-state index in [1.807, 2.05) is 18.2 Å². The van der Waals surface area contributed by atoms with Gasteiger partial charge in [-0.15, -0.1) is 0 Å². The minimum absolute atomic E-state index is 0.773. The van der Waals surface area contributed by atoms with Gasteiger partial charge >= 0.3 is 0 Å². The van der Waals surface area contributed by atoms with E-state index >= 15 is 0 Å². The van der Waals surface area contributed by atoms with Gasteiger partial charge in [0, 0.05) is 5.69 Å². The Hall–Kier alpha value is -1.16. The van der Waals surface area contributed by atoms with Crippen LogP contribution in [0.5, 0.6) is 0 Å². The minimum atomic E-state index is 0.773. The average Bonchev–Trinajstić information content (AvgIpc) is 2.04. The lowest BCUT2D eigenvalue weighted by molar-refractivity contribution is 1.32. The Morgan fingerprint density at radius 1 is 1.45 bits per heavy atom. The lowest BCUT2D eigenvalue weighted by Gasteiger charge is -2.09. The number of nitrogens with two attached hydrogens (primary N) is 1. The van der Waals surface area contributed by atoms with E-state index in [0.29, 0.717) is 0 Å². The Bertz CT molecular complexity index is 309. The largest absolute Gasteiger partial charge is 0.399 e. The number of nitrogens with zero attached hydrogens (tertiary/aromatic N) is 1. The van der Waals surface area contributed by atoms with Gasteiger partial charge < -0.3 is 10.5 Å². The average molecular weight is 165 g/mol. The fourth-order valence-electron chi connectivity index (χ4n) is 0.905. The summed E-state index contributed by atoms with van der Waals surface area (Å²) in [5.41, 5.74) is 7.34. The first kappa shape index (κ1) is 6.54. The molecule has 1 aromatic carbocycles. The maximum Gasteiger partial charge on any atom is 0.0988 e. The van der Waals surface area contributed by atoms with Crippen LogP contribution in [0.25, 0.3) is 0 Å². The zero-order chi connectivity index (χ0) is 7.68. The van der Waals surface area contributed by atoms with Crippen LogP contribution in [-0.2, 0) is 0 Å². The normalized spacial score (nSPS) is 13.8. The van der Waals surface area contributed by atoms with Crippen LogP contribution in [0.4, 0.5) is 11.4 Å². The van der Waals surface area contributed by atoms with Gasteiger partial charge in [-0.1, -0.05) is 0 Å². The first-order valence-electron chi connectivity index (χ1n) is 3.21. The Kier molecular flexibility index (Phi) is 1.47. The van der Waals surface area contributed by atoms with E-state index in [9.17, 15) is 0 Å². The van der Waals surface area contributed by atoms with Crippen LogP contribution in [0.2, 0.25) is 0 Å². The van der Waals surface area contributed by atoms with Crippen molar-refractivity contribution in [3.63, 3.8) is 0 Å². The molecule has 0 amide bonds. The summed E-state index contributed by atoms with van der Waals surface area (Å²) in [5.74, 6) is 0. The molecule has 0 unspecified atom stereocenters. The van der Waals surface area contributed by atoms with Crippen molar-refractivity contribution in [2.75, 3.05) is 5.73 Å². The summed E-state index contributed by atoms with van der Waals surface area (Å²) < 4.78 is 2.94. The number of nitrogen functional groups attached to an aromatic ring is 1. The van der Waals surface area contributed by atoms with E-state index in [-0.39, 0.29) is 0 Å². The highest BCUT2D eigenvalue weighted by atomic mass is 32.2. The molecular weight excluding hydrogens is 158 g/mol. The number of rotatable bonds is 0. The lowest BCUT2D eigenvalue weighted by atomic mass is 10.3. The van der Waals surface area contributed by atoms with Crippen molar-refractivity contribution < 1.29 is 0 Å². The van der Waals surface area contributed by atoms with Crippen molar-refractivity contribution in [1.29, 1.82) is 0 Å². The van der Waals surface area contributed by atoms with E-state index in [4.69, 9.17) is 5.73 Å². The Labute approximate surface area is 68.8 Å². The number of nitrogens with one attached hydrogen (secondary N) is 1. The SMILES string of the molecule is Nc1ccc2c(c1)SNC=N2. The van der Waals surface area contributed by atoms with Crippen molar-refractivity contribution in [3.05, 3.63) is 18.2 Å². The van der Waals surface area contributed by atoms with Gasteiger partial charge in [-0.3, -0.25) is 0 Å². The van der Waals surface area contributed by atoms with Crippen LogP contribution in [-0.4, -0.2) is 6.34 Å². The smallest absolute Gasteiger partial charge is 0.0988 e. The second-order valence-corrected chi connectivity index (χ2v) is 3.08. The Balaban J connectivity index is 2.53. The van der Waals surface area contributed by atoms with Gasteiger partial charge in [-0.2, -0.15) is 0 Å². The highest BCUT2D eigenvalue weighted by Gasteiger charge is 2.04. The highest BCUT2D eigenvalue weighted by Crippen LogP contribution is 2.31. The second-order valence-electron chi connectivity index (χ2n) is 2.21. The van der Waals surface area contributed by atoms with Gasteiger partial charge in [0.25, 0.3) is 0 Å². The number of aliphatic imine (C=N–C) groups is 1. The lowest BCUT2D eigenvalue weighted by Crippen LogP contribution is -2.02. The molecule has 0 bridgehead atoms. The van der Waals surface area contributed by atoms with E-state index in [1.54, 1.807) is 6.34 Å². The maximum atomic E-state index is 5.59. The molecule has 0 fully saturated rings. The second kappa shape index (κ2) is 2.47. The highest BCUT2D eigenvalue weighted by molar-refractivity contribution is 7.98. The van der Waals surface area contributed by atoms with Gasteiger partial charge in [0.05, 0.1) is 16.9 Å². The zero-order valence-corrected chi connectivity index (χ0v) is 6.56. The molecule has 0 radical (unpaired) electrons. The molecule has 3 N–H and O–H groups in total. The number of hydrogen-bond donors (Lipinski definition) is 2. The molecule has 0 saturated carbocycles. The third kappa shape index (κ3) is 1.17. The minimum Gasteiger partial charge on any atom is -0.399 e. The molecule has 2 rings (SSSR count). The fraction of sp³-hybridized carbons (Fsp3) is 0. The molecule has 4 heteroatoms. The third-order valence-corrected chi connectivity index (χ3v) is 2.18. The summed E-state index contributed by atoms with van der Waals surface area (Å²) in [7, 11) is 0. The summed E-state index contributed by atoms with van der Waals surface area (Å²) in [5, 5.41) is 0. The summed E-state index contributed by atoms with van der Waals surface area (Å²) in [6.45, 7) is 0. The van der Waals surface area contributed by atoms with Crippen molar-refractivity contribution in [2.45, 2.75) is 4.90 Å². The molecule has 1 aliphatic heterocycles. The molecule has 1 heterocycles. The van der Waals surface area contributed by atoms with Crippen molar-refractivity contribution in [2.24, 2.45) is 4.99 Å². The standard InChI is InChI=1S/C7H7N3S/c8-5-1-2-6-7(3-5)11-10-4-9-6/h1-4H,8H2,(H,9,10). The van der Waals surface area contributed by atoms with E-state index in [1.165, 1.54) is 11.9 Å². The third-order valence-electron chi connectivity index (χ3n) is 1.41. The molecule has 0 saturated heterocycles. The number of anilines is 1. The zero-order valence-electron chi connectivity index (χ0n) is 5.74. The van der Waals surface area contributed by atoms with Crippen LogP contribution < -0.4 is 10.5 Å². The number of fused-ring (bicyclic) bond motifs is 1. The molecule has 0 atom stereocenters. The van der Waals surface area contributed by atoms with Gasteiger partial charge in [0.15, 0.2) is 0 Å². The molecule has 1 aromatic rings. The Morgan fingerprint density at radius 2 is 2.36 bits per heavy atom. The molecule has 3 nitrogen and oxygen atoms in total. The fourth-order valence-corrected chi connectivity index (χ4v) is 1.56. The number of hydrogen-bond acceptors (Lipinski definition) is 4. The van der Waals surface area contributed by atoms with E-state index in [2.05, 4.69) is 9.71 Å². The molecular formula is C7H7N3S. The first-order valence-corrected chi connectivity index (χ1v) is 4.02. The van der Waals surface area contributed by atoms with E-state index in [0.717, 1.165) is 16.3 Å². The maximum absolute atomic E-state index is 5.59. The molecule has 0 aromatic heterocycles. The van der Waals surface area contributed by atoms with Crippen molar-refractivity contribution in [3.8, 4) is 0 Å². The molecule has 56 valence electrons. The predicted octanol–water partition coefficient (Wildman–Crippen LogP) is 1.54. The number of benzene rings is 1.